The summed E-state index contributed by atoms with van der Waals surface area (Å²) in [4.78, 5) is 2.59. The Bertz CT molecular complexity index is 360. The van der Waals surface area contributed by atoms with Gasteiger partial charge in [0.2, 0.25) is 0 Å². The van der Waals surface area contributed by atoms with Crippen LogP contribution in [0.5, 0.6) is 0 Å². The molecule has 1 spiro atoms. The summed E-state index contributed by atoms with van der Waals surface area (Å²) >= 11 is 2.11. The maximum Gasteiger partial charge on any atom is 0.0412 e. The molecular formula is C14H20N2S. The van der Waals surface area contributed by atoms with E-state index >= 15 is 0 Å². The molecular weight excluding hydrogens is 228 g/mol. The Hall–Kier alpha value is -0.510. The van der Waals surface area contributed by atoms with Crippen molar-refractivity contribution in [2.75, 3.05) is 31.1 Å². The second-order valence-electron chi connectivity index (χ2n) is 5.21. The Labute approximate surface area is 108 Å². The second kappa shape index (κ2) is 5.01. The van der Waals surface area contributed by atoms with E-state index in [1.807, 2.05) is 0 Å². The van der Waals surface area contributed by atoms with Crippen LogP contribution in [0, 0.1) is 0 Å². The predicted octanol–water partition coefficient (Wildman–Crippen LogP) is 1.97. The summed E-state index contributed by atoms with van der Waals surface area (Å²) in [7, 11) is 0. The maximum atomic E-state index is 3.75. The molecule has 1 atom stereocenters. The van der Waals surface area contributed by atoms with Crippen LogP contribution in [0.2, 0.25) is 0 Å². The van der Waals surface area contributed by atoms with Crippen LogP contribution in [0.4, 0.5) is 0 Å². The topological polar surface area (TPSA) is 15.3 Å². The fourth-order valence-corrected chi connectivity index (χ4v) is 4.02. The summed E-state index contributed by atoms with van der Waals surface area (Å²) in [5.74, 6) is 2.57. The van der Waals surface area contributed by atoms with E-state index in [-0.39, 0.29) is 0 Å². The quantitative estimate of drug-likeness (QED) is 0.861. The van der Waals surface area contributed by atoms with Gasteiger partial charge in [-0.15, -0.1) is 0 Å². The number of rotatable bonds is 2. The highest BCUT2D eigenvalue weighted by Gasteiger charge is 2.38. The molecule has 2 saturated heterocycles. The van der Waals surface area contributed by atoms with Crippen molar-refractivity contribution in [1.82, 2.24) is 10.2 Å². The van der Waals surface area contributed by atoms with Crippen LogP contribution in [0.1, 0.15) is 12.0 Å². The average molecular weight is 248 g/mol. The van der Waals surface area contributed by atoms with Crippen molar-refractivity contribution in [3.63, 3.8) is 0 Å². The monoisotopic (exact) mass is 248 g/mol. The van der Waals surface area contributed by atoms with E-state index in [2.05, 4.69) is 52.3 Å². The van der Waals surface area contributed by atoms with Crippen LogP contribution in [0.25, 0.3) is 0 Å². The molecule has 1 aromatic carbocycles. The number of benzene rings is 1. The number of hydrogen-bond donors (Lipinski definition) is 1. The van der Waals surface area contributed by atoms with Crippen molar-refractivity contribution in [2.24, 2.45) is 0 Å². The molecule has 17 heavy (non-hydrogen) atoms. The molecule has 2 aliphatic heterocycles. The summed E-state index contributed by atoms with van der Waals surface area (Å²) < 4.78 is 0. The molecule has 2 heterocycles. The Kier molecular flexibility index (Phi) is 3.41. The zero-order chi connectivity index (χ0) is 11.6. The van der Waals surface area contributed by atoms with Crippen LogP contribution < -0.4 is 5.32 Å². The molecule has 0 aromatic heterocycles. The number of nitrogens with zero attached hydrogens (tertiary/aromatic N) is 1. The van der Waals surface area contributed by atoms with E-state index in [9.17, 15) is 0 Å². The van der Waals surface area contributed by atoms with Crippen LogP contribution in [-0.2, 0) is 6.54 Å². The van der Waals surface area contributed by atoms with E-state index < -0.39 is 0 Å². The Balaban J connectivity index is 1.60. The molecule has 2 aliphatic rings. The first-order valence-corrected chi connectivity index (χ1v) is 7.61. The van der Waals surface area contributed by atoms with Crippen LogP contribution in [0.3, 0.4) is 0 Å². The summed E-state index contributed by atoms with van der Waals surface area (Å²) in [6.07, 6.45) is 1.31. The fraction of sp³-hybridized carbons (Fsp3) is 0.571. The van der Waals surface area contributed by atoms with E-state index in [1.165, 1.54) is 43.1 Å². The van der Waals surface area contributed by atoms with Crippen molar-refractivity contribution in [1.29, 1.82) is 0 Å². The molecule has 0 radical (unpaired) electrons. The number of thioether (sulfide) groups is 1. The molecule has 2 nitrogen and oxygen atoms in total. The van der Waals surface area contributed by atoms with Crippen molar-refractivity contribution in [2.45, 2.75) is 18.5 Å². The first-order valence-electron chi connectivity index (χ1n) is 6.45. The largest absolute Gasteiger partial charge is 0.308 e. The molecule has 2 fully saturated rings. The lowest BCUT2D eigenvalue weighted by Crippen LogP contribution is -2.53. The highest BCUT2D eigenvalue weighted by Crippen LogP contribution is 2.29. The van der Waals surface area contributed by atoms with Crippen molar-refractivity contribution in [3.05, 3.63) is 35.9 Å². The van der Waals surface area contributed by atoms with E-state index in [0.717, 1.165) is 6.54 Å². The first-order chi connectivity index (χ1) is 8.36. The standard InChI is InChI=1S/C14H20N2S/c1-2-4-13(5-3-1)10-16-8-6-14(11-16)12-17-9-7-15-14/h1-5,15H,6-12H2. The van der Waals surface area contributed by atoms with Gasteiger partial charge in [0, 0.05) is 43.2 Å². The fourth-order valence-electron chi connectivity index (χ4n) is 2.90. The van der Waals surface area contributed by atoms with Crippen molar-refractivity contribution < 1.29 is 0 Å². The SMILES string of the molecule is c1ccc(CN2CCC3(CSCCN3)C2)cc1. The minimum Gasteiger partial charge on any atom is -0.308 e. The minimum absolute atomic E-state index is 0.414. The third kappa shape index (κ3) is 2.67. The molecule has 1 aromatic rings. The molecule has 3 rings (SSSR count). The molecule has 92 valence electrons. The van der Waals surface area contributed by atoms with Gasteiger partial charge in [-0.25, -0.2) is 0 Å². The predicted molar refractivity (Wildman–Crippen MR) is 74.4 cm³/mol. The van der Waals surface area contributed by atoms with Crippen LogP contribution >= 0.6 is 11.8 Å². The number of hydrogen-bond acceptors (Lipinski definition) is 3. The van der Waals surface area contributed by atoms with Gasteiger partial charge in [0.15, 0.2) is 0 Å². The molecule has 0 amide bonds. The van der Waals surface area contributed by atoms with E-state index in [4.69, 9.17) is 0 Å². The zero-order valence-electron chi connectivity index (χ0n) is 10.2. The van der Waals surface area contributed by atoms with E-state index in [1.54, 1.807) is 0 Å². The maximum absolute atomic E-state index is 3.75. The number of nitrogens with one attached hydrogen (secondary N) is 1. The molecule has 1 N–H and O–H groups in total. The van der Waals surface area contributed by atoms with E-state index in [0.29, 0.717) is 5.54 Å². The van der Waals surface area contributed by atoms with Gasteiger partial charge in [0.05, 0.1) is 0 Å². The Morgan fingerprint density at radius 1 is 1.29 bits per heavy atom. The lowest BCUT2D eigenvalue weighted by molar-refractivity contribution is 0.289. The third-order valence-electron chi connectivity index (χ3n) is 3.81. The smallest absolute Gasteiger partial charge is 0.0412 e. The third-order valence-corrected chi connectivity index (χ3v) is 5.06. The van der Waals surface area contributed by atoms with Gasteiger partial charge in [-0.05, 0) is 12.0 Å². The summed E-state index contributed by atoms with van der Waals surface area (Å²) in [6.45, 7) is 4.75. The van der Waals surface area contributed by atoms with Gasteiger partial charge in [0.25, 0.3) is 0 Å². The second-order valence-corrected chi connectivity index (χ2v) is 6.31. The van der Waals surface area contributed by atoms with Gasteiger partial charge in [-0.2, -0.15) is 11.8 Å². The van der Waals surface area contributed by atoms with Crippen LogP contribution in [0.15, 0.2) is 30.3 Å². The van der Waals surface area contributed by atoms with Gasteiger partial charge in [0.1, 0.15) is 0 Å². The molecule has 1 unspecified atom stereocenters. The average Bonchev–Trinajstić information content (AvgIpc) is 2.74. The molecule has 3 heteroatoms. The first kappa shape index (κ1) is 11.6. The van der Waals surface area contributed by atoms with Gasteiger partial charge < -0.3 is 5.32 Å². The van der Waals surface area contributed by atoms with Crippen LogP contribution in [-0.4, -0.2) is 41.6 Å². The lowest BCUT2D eigenvalue weighted by Gasteiger charge is -2.34. The molecule has 0 aliphatic carbocycles. The summed E-state index contributed by atoms with van der Waals surface area (Å²) in [5.41, 5.74) is 1.85. The van der Waals surface area contributed by atoms with Gasteiger partial charge in [-0.1, -0.05) is 30.3 Å². The van der Waals surface area contributed by atoms with Crippen molar-refractivity contribution in [3.8, 4) is 0 Å². The Morgan fingerprint density at radius 2 is 2.18 bits per heavy atom. The lowest BCUT2D eigenvalue weighted by atomic mass is 10.0. The minimum atomic E-state index is 0.414. The molecule has 0 saturated carbocycles. The van der Waals surface area contributed by atoms with Gasteiger partial charge >= 0.3 is 0 Å². The van der Waals surface area contributed by atoms with Gasteiger partial charge in [-0.3, -0.25) is 4.90 Å². The zero-order valence-corrected chi connectivity index (χ0v) is 11.0. The Morgan fingerprint density at radius 3 is 2.94 bits per heavy atom. The van der Waals surface area contributed by atoms with Crippen molar-refractivity contribution >= 4 is 11.8 Å². The highest BCUT2D eigenvalue weighted by molar-refractivity contribution is 7.99. The highest BCUT2D eigenvalue weighted by atomic mass is 32.2. The summed E-state index contributed by atoms with van der Waals surface area (Å²) in [5, 5.41) is 3.75. The normalized spacial score (nSPS) is 29.9. The summed E-state index contributed by atoms with van der Waals surface area (Å²) in [6, 6.07) is 10.8. The molecule has 0 bridgehead atoms. The number of likely N-dealkylation sites (tertiary alicyclic amines) is 1.